The Hall–Kier alpha value is -0.910. The van der Waals surface area contributed by atoms with E-state index in [4.69, 9.17) is 0 Å². The maximum Gasteiger partial charge on any atom is 0.138 e. The van der Waals surface area contributed by atoms with Gasteiger partial charge >= 0.3 is 0 Å². The first-order chi connectivity index (χ1) is 10.1. The number of nitrogens with one attached hydrogen (secondary N) is 1. The fraction of sp³-hybridized carbons (Fsp3) is 0.375. The number of nitrogens with zero attached hydrogens (tertiary/aromatic N) is 2. The van der Waals surface area contributed by atoms with Crippen molar-refractivity contribution in [3.63, 3.8) is 0 Å². The molecule has 112 valence electrons. The lowest BCUT2D eigenvalue weighted by Crippen LogP contribution is -2.19. The molecule has 1 unspecified atom stereocenters. The van der Waals surface area contributed by atoms with Gasteiger partial charge < -0.3 is 5.32 Å². The molecule has 0 aliphatic heterocycles. The normalized spacial score (nSPS) is 12.4. The molecule has 1 aromatic heterocycles. The molecule has 0 aliphatic carbocycles. The van der Waals surface area contributed by atoms with Crippen LogP contribution in [-0.4, -0.2) is 16.5 Å². The van der Waals surface area contributed by atoms with Crippen LogP contribution in [0.1, 0.15) is 37.0 Å². The summed E-state index contributed by atoms with van der Waals surface area (Å²) in [4.78, 5) is 10.3. The first kappa shape index (κ1) is 16.5. The molecule has 0 amide bonds. The second-order valence-corrected chi connectivity index (χ2v) is 6.82. The van der Waals surface area contributed by atoms with Crippen molar-refractivity contribution in [3.05, 3.63) is 52.0 Å². The van der Waals surface area contributed by atoms with E-state index in [1.54, 1.807) is 11.8 Å². The minimum atomic E-state index is 0.293. The average molecular weight is 366 g/mol. The van der Waals surface area contributed by atoms with Crippen molar-refractivity contribution >= 4 is 27.7 Å². The highest BCUT2D eigenvalue weighted by Crippen LogP contribution is 2.25. The summed E-state index contributed by atoms with van der Waals surface area (Å²) < 4.78 is 1.10. The van der Waals surface area contributed by atoms with Gasteiger partial charge in [0.1, 0.15) is 5.82 Å². The Balaban J connectivity index is 2.03. The molecular formula is C16H20BrN3S. The number of hydrogen-bond donors (Lipinski definition) is 1. The molecule has 1 heterocycles. The Kier molecular flexibility index (Phi) is 6.21. The van der Waals surface area contributed by atoms with E-state index in [0.29, 0.717) is 6.04 Å². The van der Waals surface area contributed by atoms with Crippen LogP contribution in [0.3, 0.4) is 0 Å². The minimum Gasteiger partial charge on any atom is -0.310 e. The average Bonchev–Trinajstić information content (AvgIpc) is 2.45. The lowest BCUT2D eigenvalue weighted by atomic mass is 10.1. The first-order valence-electron chi connectivity index (χ1n) is 7.04. The summed E-state index contributed by atoms with van der Waals surface area (Å²) in [7, 11) is 0. The van der Waals surface area contributed by atoms with Crippen LogP contribution in [0, 0.1) is 6.92 Å². The summed E-state index contributed by atoms with van der Waals surface area (Å²) in [5, 5.41) is 3.40. The summed E-state index contributed by atoms with van der Waals surface area (Å²) in [6.45, 7) is 7.25. The van der Waals surface area contributed by atoms with E-state index >= 15 is 0 Å². The van der Waals surface area contributed by atoms with Gasteiger partial charge in [-0.2, -0.15) is 0 Å². The molecule has 5 heteroatoms. The fourth-order valence-corrected chi connectivity index (χ4v) is 3.51. The van der Waals surface area contributed by atoms with E-state index in [1.165, 1.54) is 10.5 Å². The van der Waals surface area contributed by atoms with Crippen LogP contribution in [-0.2, 0) is 5.75 Å². The number of rotatable bonds is 6. The van der Waals surface area contributed by atoms with Gasteiger partial charge in [-0.15, -0.1) is 11.8 Å². The van der Waals surface area contributed by atoms with Crippen LogP contribution in [0.25, 0.3) is 0 Å². The van der Waals surface area contributed by atoms with E-state index in [-0.39, 0.29) is 0 Å². The van der Waals surface area contributed by atoms with Crippen LogP contribution in [0.5, 0.6) is 0 Å². The lowest BCUT2D eigenvalue weighted by molar-refractivity contribution is 0.589. The van der Waals surface area contributed by atoms with E-state index in [1.807, 2.05) is 18.3 Å². The largest absolute Gasteiger partial charge is 0.310 e. The van der Waals surface area contributed by atoms with Gasteiger partial charge in [-0.05, 0) is 38.6 Å². The second kappa shape index (κ2) is 7.92. The predicted octanol–water partition coefficient (Wildman–Crippen LogP) is 4.51. The fourth-order valence-electron chi connectivity index (χ4n) is 2.14. The number of aryl methyl sites for hydroxylation is 1. The number of halogens is 1. The zero-order valence-corrected chi connectivity index (χ0v) is 15.0. The Labute approximate surface area is 139 Å². The van der Waals surface area contributed by atoms with E-state index in [2.05, 4.69) is 64.1 Å². The molecule has 3 nitrogen and oxygen atoms in total. The summed E-state index contributed by atoms with van der Waals surface area (Å²) in [6.07, 6.45) is 1.95. The predicted molar refractivity (Wildman–Crippen MR) is 92.6 cm³/mol. The maximum atomic E-state index is 4.63. The van der Waals surface area contributed by atoms with Gasteiger partial charge in [0.05, 0.1) is 5.75 Å². The molecule has 1 aromatic carbocycles. The first-order valence-corrected chi connectivity index (χ1v) is 8.82. The Morgan fingerprint density at radius 2 is 2.19 bits per heavy atom. The van der Waals surface area contributed by atoms with Crippen molar-refractivity contribution in [2.75, 3.05) is 6.54 Å². The molecule has 2 aromatic rings. The van der Waals surface area contributed by atoms with Crippen molar-refractivity contribution in [1.29, 1.82) is 0 Å². The van der Waals surface area contributed by atoms with Crippen molar-refractivity contribution < 1.29 is 0 Å². The summed E-state index contributed by atoms with van der Waals surface area (Å²) >= 11 is 5.24. The van der Waals surface area contributed by atoms with Gasteiger partial charge in [-0.25, -0.2) is 9.97 Å². The molecule has 0 fully saturated rings. The van der Waals surface area contributed by atoms with Gasteiger partial charge in [0.25, 0.3) is 0 Å². The Morgan fingerprint density at radius 3 is 2.86 bits per heavy atom. The van der Waals surface area contributed by atoms with Crippen molar-refractivity contribution in [1.82, 2.24) is 15.3 Å². The van der Waals surface area contributed by atoms with Crippen LogP contribution >= 0.6 is 27.7 Å². The number of thioether (sulfide) groups is 1. The summed E-state index contributed by atoms with van der Waals surface area (Å²) in [6, 6.07) is 8.58. The number of hydrogen-bond acceptors (Lipinski definition) is 4. The highest BCUT2D eigenvalue weighted by atomic mass is 79.9. The Bertz CT molecular complexity index is 604. The molecule has 0 spiro atoms. The van der Waals surface area contributed by atoms with Crippen LogP contribution in [0.15, 0.2) is 39.8 Å². The van der Waals surface area contributed by atoms with Crippen molar-refractivity contribution in [3.8, 4) is 0 Å². The second-order valence-electron chi connectivity index (χ2n) is 4.85. The van der Waals surface area contributed by atoms with Gasteiger partial charge in [0, 0.05) is 32.9 Å². The Morgan fingerprint density at radius 1 is 1.38 bits per heavy atom. The highest BCUT2D eigenvalue weighted by Gasteiger charge is 2.10. The molecule has 0 bridgehead atoms. The van der Waals surface area contributed by atoms with Gasteiger partial charge in [0.15, 0.2) is 0 Å². The third kappa shape index (κ3) is 4.80. The summed E-state index contributed by atoms with van der Waals surface area (Å²) in [5.41, 5.74) is 2.23. The summed E-state index contributed by atoms with van der Waals surface area (Å²) in [5.74, 6) is 1.66. The smallest absolute Gasteiger partial charge is 0.138 e. The minimum absolute atomic E-state index is 0.293. The molecule has 0 aliphatic rings. The highest BCUT2D eigenvalue weighted by molar-refractivity contribution is 9.10. The van der Waals surface area contributed by atoms with Crippen molar-refractivity contribution in [2.45, 2.75) is 37.5 Å². The standard InChI is InChI=1S/C16H20BrN3S/c1-4-18-11(2)15-9-19-16(20-12(15)3)10-21-14-7-5-6-13(17)8-14/h5-9,11,18H,4,10H2,1-3H3. The third-order valence-corrected chi connectivity index (χ3v) is 4.69. The molecule has 0 radical (unpaired) electrons. The number of aromatic nitrogens is 2. The van der Waals surface area contributed by atoms with Gasteiger partial charge in [-0.1, -0.05) is 28.9 Å². The van der Waals surface area contributed by atoms with Gasteiger partial charge in [0.2, 0.25) is 0 Å². The van der Waals surface area contributed by atoms with Crippen LogP contribution in [0.2, 0.25) is 0 Å². The van der Waals surface area contributed by atoms with Crippen LogP contribution < -0.4 is 5.32 Å². The molecule has 2 rings (SSSR count). The maximum absolute atomic E-state index is 4.63. The molecule has 1 atom stereocenters. The number of benzene rings is 1. The molecule has 1 N–H and O–H groups in total. The molecular weight excluding hydrogens is 346 g/mol. The third-order valence-electron chi connectivity index (χ3n) is 3.21. The quantitative estimate of drug-likeness (QED) is 0.764. The van der Waals surface area contributed by atoms with Gasteiger partial charge in [-0.3, -0.25) is 0 Å². The van der Waals surface area contributed by atoms with E-state index in [9.17, 15) is 0 Å². The topological polar surface area (TPSA) is 37.8 Å². The zero-order valence-electron chi connectivity index (χ0n) is 12.6. The SMILES string of the molecule is CCNC(C)c1cnc(CSc2cccc(Br)c2)nc1C. The molecule has 21 heavy (non-hydrogen) atoms. The van der Waals surface area contributed by atoms with Crippen LogP contribution in [0.4, 0.5) is 0 Å². The lowest BCUT2D eigenvalue weighted by Gasteiger charge is -2.14. The molecule has 0 saturated carbocycles. The van der Waals surface area contributed by atoms with E-state index in [0.717, 1.165) is 28.3 Å². The van der Waals surface area contributed by atoms with E-state index < -0.39 is 0 Å². The zero-order chi connectivity index (χ0) is 15.2. The molecule has 0 saturated heterocycles. The van der Waals surface area contributed by atoms with Crippen molar-refractivity contribution in [2.24, 2.45) is 0 Å². The monoisotopic (exact) mass is 365 g/mol.